The van der Waals surface area contributed by atoms with Gasteiger partial charge in [0.25, 0.3) is 0 Å². The highest BCUT2D eigenvalue weighted by molar-refractivity contribution is 5.72. The molecule has 1 fully saturated rings. The molecule has 0 amide bonds. The minimum absolute atomic E-state index is 0.135. The summed E-state index contributed by atoms with van der Waals surface area (Å²) in [4.78, 5) is 15.2. The highest BCUT2D eigenvalue weighted by Crippen LogP contribution is 2.29. The van der Waals surface area contributed by atoms with Crippen molar-refractivity contribution in [1.82, 2.24) is 4.98 Å². The average molecular weight is 245 g/mol. The third kappa shape index (κ3) is 2.28. The van der Waals surface area contributed by atoms with E-state index >= 15 is 0 Å². The first-order chi connectivity index (χ1) is 8.63. The fourth-order valence-electron chi connectivity index (χ4n) is 2.41. The van der Waals surface area contributed by atoms with Crippen LogP contribution in [0, 0.1) is 24.2 Å². The molecule has 2 rings (SSSR count). The molecule has 2 atom stereocenters. The smallest absolute Gasteiger partial charge is 0.308 e. The maximum Gasteiger partial charge on any atom is 0.308 e. The van der Waals surface area contributed by atoms with Crippen LogP contribution >= 0.6 is 0 Å². The fourth-order valence-corrected chi connectivity index (χ4v) is 2.41. The number of nitriles is 1. The lowest BCUT2D eigenvalue weighted by atomic mass is 10.0. The second kappa shape index (κ2) is 5.05. The molecule has 5 nitrogen and oxygen atoms in total. The van der Waals surface area contributed by atoms with E-state index < -0.39 is 5.97 Å². The Morgan fingerprint density at radius 3 is 3.06 bits per heavy atom. The number of aryl methyl sites for hydroxylation is 1. The van der Waals surface area contributed by atoms with Crippen LogP contribution in [-0.4, -0.2) is 22.1 Å². The Hall–Kier alpha value is -2.09. The number of aromatic nitrogens is 1. The van der Waals surface area contributed by atoms with E-state index in [1.165, 1.54) is 0 Å². The first-order valence-electron chi connectivity index (χ1n) is 5.98. The van der Waals surface area contributed by atoms with Crippen molar-refractivity contribution in [2.24, 2.45) is 5.92 Å². The van der Waals surface area contributed by atoms with E-state index in [1.807, 2.05) is 6.92 Å². The minimum Gasteiger partial charge on any atom is -0.481 e. The number of pyridine rings is 1. The van der Waals surface area contributed by atoms with Gasteiger partial charge in [-0.25, -0.2) is 4.98 Å². The van der Waals surface area contributed by atoms with Gasteiger partial charge in [-0.05, 0) is 31.4 Å². The van der Waals surface area contributed by atoms with Crippen LogP contribution in [0.4, 0.5) is 5.82 Å². The lowest BCUT2D eigenvalue weighted by molar-refractivity contribution is -0.141. The number of hydrogen-bond donors (Lipinski definition) is 2. The summed E-state index contributed by atoms with van der Waals surface area (Å²) >= 11 is 0. The van der Waals surface area contributed by atoms with Crippen LogP contribution in [0.2, 0.25) is 0 Å². The van der Waals surface area contributed by atoms with Crippen LogP contribution in [0.25, 0.3) is 0 Å². The van der Waals surface area contributed by atoms with Gasteiger partial charge in [0.2, 0.25) is 0 Å². The number of rotatable bonds is 3. The fraction of sp³-hybridized carbons (Fsp3) is 0.462. The zero-order valence-electron chi connectivity index (χ0n) is 10.2. The lowest BCUT2D eigenvalue weighted by Gasteiger charge is -2.19. The van der Waals surface area contributed by atoms with E-state index in [2.05, 4.69) is 16.4 Å². The largest absolute Gasteiger partial charge is 0.481 e. The van der Waals surface area contributed by atoms with Gasteiger partial charge in [-0.1, -0.05) is 6.42 Å². The molecule has 1 aromatic rings. The molecule has 0 spiro atoms. The molecule has 1 aliphatic carbocycles. The molecule has 0 bridgehead atoms. The Kier molecular flexibility index (Phi) is 3.47. The van der Waals surface area contributed by atoms with E-state index in [-0.39, 0.29) is 12.0 Å². The van der Waals surface area contributed by atoms with Gasteiger partial charge >= 0.3 is 5.97 Å². The summed E-state index contributed by atoms with van der Waals surface area (Å²) in [5.41, 5.74) is 1.34. The Balaban J connectivity index is 2.22. The van der Waals surface area contributed by atoms with Gasteiger partial charge in [0, 0.05) is 12.2 Å². The van der Waals surface area contributed by atoms with Crippen molar-refractivity contribution < 1.29 is 9.90 Å². The lowest BCUT2D eigenvalue weighted by Crippen LogP contribution is -2.30. The van der Waals surface area contributed by atoms with Gasteiger partial charge < -0.3 is 10.4 Å². The molecule has 0 aromatic carbocycles. The van der Waals surface area contributed by atoms with Crippen molar-refractivity contribution in [2.75, 3.05) is 5.32 Å². The van der Waals surface area contributed by atoms with Crippen molar-refractivity contribution in [3.63, 3.8) is 0 Å². The zero-order valence-corrected chi connectivity index (χ0v) is 10.2. The third-order valence-corrected chi connectivity index (χ3v) is 3.43. The summed E-state index contributed by atoms with van der Waals surface area (Å²) in [5.74, 6) is -0.675. The van der Waals surface area contributed by atoms with E-state index in [9.17, 15) is 4.79 Å². The molecule has 0 aliphatic heterocycles. The molecular formula is C13H15N3O2. The van der Waals surface area contributed by atoms with Crippen LogP contribution in [0.5, 0.6) is 0 Å². The second-order valence-electron chi connectivity index (χ2n) is 4.59. The molecule has 2 N–H and O–H groups in total. The molecule has 0 radical (unpaired) electrons. The third-order valence-electron chi connectivity index (χ3n) is 3.43. The Morgan fingerprint density at radius 2 is 2.39 bits per heavy atom. The van der Waals surface area contributed by atoms with Gasteiger partial charge in [-0.15, -0.1) is 0 Å². The number of anilines is 1. The zero-order chi connectivity index (χ0) is 13.1. The average Bonchev–Trinajstić information content (AvgIpc) is 2.77. The number of nitrogens with one attached hydrogen (secondary N) is 1. The van der Waals surface area contributed by atoms with Crippen molar-refractivity contribution in [3.8, 4) is 6.07 Å². The quantitative estimate of drug-likeness (QED) is 0.849. The number of carbonyl (C=O) groups is 1. The molecule has 1 aliphatic rings. The molecule has 5 heteroatoms. The highest BCUT2D eigenvalue weighted by atomic mass is 16.4. The van der Waals surface area contributed by atoms with Gasteiger partial charge in [0.15, 0.2) is 0 Å². The van der Waals surface area contributed by atoms with Crippen molar-refractivity contribution in [1.29, 1.82) is 5.26 Å². The topological polar surface area (TPSA) is 86.0 Å². The first kappa shape index (κ1) is 12.4. The number of hydrogen-bond acceptors (Lipinski definition) is 4. The maximum absolute atomic E-state index is 11.1. The molecule has 18 heavy (non-hydrogen) atoms. The Labute approximate surface area is 105 Å². The monoisotopic (exact) mass is 245 g/mol. The van der Waals surface area contributed by atoms with Gasteiger partial charge in [-0.2, -0.15) is 5.26 Å². The summed E-state index contributed by atoms with van der Waals surface area (Å²) in [6.45, 7) is 1.84. The van der Waals surface area contributed by atoms with E-state index in [0.717, 1.165) is 18.4 Å². The van der Waals surface area contributed by atoms with Crippen LogP contribution < -0.4 is 5.32 Å². The van der Waals surface area contributed by atoms with Crippen LogP contribution in [0.15, 0.2) is 12.3 Å². The normalized spacial score (nSPS) is 22.4. The summed E-state index contributed by atoms with van der Waals surface area (Å²) in [5, 5.41) is 21.3. The Bertz CT molecular complexity index is 507. The van der Waals surface area contributed by atoms with E-state index in [0.29, 0.717) is 17.8 Å². The van der Waals surface area contributed by atoms with Gasteiger partial charge in [0.1, 0.15) is 11.9 Å². The van der Waals surface area contributed by atoms with Crippen molar-refractivity contribution in [2.45, 2.75) is 32.2 Å². The predicted octanol–water partition coefficient (Wildman–Crippen LogP) is 1.93. The summed E-state index contributed by atoms with van der Waals surface area (Å²) in [6.07, 6.45) is 4.00. The summed E-state index contributed by atoms with van der Waals surface area (Å²) in [7, 11) is 0. The molecule has 2 unspecified atom stereocenters. The van der Waals surface area contributed by atoms with Crippen molar-refractivity contribution >= 4 is 11.8 Å². The van der Waals surface area contributed by atoms with Crippen LogP contribution in [0.1, 0.15) is 30.4 Å². The standard InChI is InChI=1S/C13H15N3O2/c1-8-5-6-15-12(10(8)7-14)16-11-4-2-3-9(11)13(17)18/h5-6,9,11H,2-4H2,1H3,(H,15,16)(H,17,18). The molecular weight excluding hydrogens is 230 g/mol. The minimum atomic E-state index is -0.781. The van der Waals surface area contributed by atoms with Crippen molar-refractivity contribution in [3.05, 3.63) is 23.4 Å². The SMILES string of the molecule is Cc1ccnc(NC2CCCC2C(=O)O)c1C#N. The number of carboxylic acid groups (broad SMARTS) is 1. The molecule has 0 saturated heterocycles. The summed E-state index contributed by atoms with van der Waals surface area (Å²) < 4.78 is 0. The number of aliphatic carboxylic acids is 1. The molecule has 1 aromatic heterocycles. The number of nitrogens with zero attached hydrogens (tertiary/aromatic N) is 2. The van der Waals surface area contributed by atoms with Gasteiger partial charge in [0.05, 0.1) is 11.5 Å². The Morgan fingerprint density at radius 1 is 1.61 bits per heavy atom. The first-order valence-corrected chi connectivity index (χ1v) is 5.98. The van der Waals surface area contributed by atoms with E-state index in [4.69, 9.17) is 10.4 Å². The summed E-state index contributed by atoms with van der Waals surface area (Å²) in [6, 6.07) is 3.75. The molecule has 94 valence electrons. The molecule has 1 saturated carbocycles. The van der Waals surface area contributed by atoms with E-state index in [1.54, 1.807) is 12.3 Å². The number of carboxylic acids is 1. The predicted molar refractivity (Wildman–Crippen MR) is 66.1 cm³/mol. The highest BCUT2D eigenvalue weighted by Gasteiger charge is 2.33. The second-order valence-corrected chi connectivity index (χ2v) is 4.59. The van der Waals surface area contributed by atoms with Gasteiger partial charge in [-0.3, -0.25) is 4.79 Å². The van der Waals surface area contributed by atoms with Crippen LogP contribution in [0.3, 0.4) is 0 Å². The van der Waals surface area contributed by atoms with Crippen LogP contribution in [-0.2, 0) is 4.79 Å². The molecule has 1 heterocycles. The maximum atomic E-state index is 11.1.